The number of hydrogen-bond donors (Lipinski definition) is 0. The van der Waals surface area contributed by atoms with Crippen molar-refractivity contribution in [1.29, 1.82) is 0 Å². The van der Waals surface area contributed by atoms with E-state index in [4.69, 9.17) is 12.2 Å². The van der Waals surface area contributed by atoms with Crippen molar-refractivity contribution >= 4 is 23.1 Å². The monoisotopic (exact) mass is 542 g/mol. The molecule has 0 N–H and O–H groups in total. The van der Waals surface area contributed by atoms with E-state index >= 15 is 0 Å². The lowest BCUT2D eigenvalue weighted by molar-refractivity contribution is -0.138. The number of carbonyl (C=O) groups is 1. The van der Waals surface area contributed by atoms with Gasteiger partial charge in [0.25, 0.3) is 0 Å². The Bertz CT molecular complexity index is 853. The van der Waals surface area contributed by atoms with E-state index in [0.717, 1.165) is 24.7 Å². The molecule has 2 unspecified atom stereocenters. The third kappa shape index (κ3) is 5.77. The first kappa shape index (κ1) is 30.1. The fourth-order valence-electron chi connectivity index (χ4n) is 9.71. The Morgan fingerprint density at radius 2 is 1.63 bits per heavy atom. The average molecular weight is 543 g/mol. The van der Waals surface area contributed by atoms with Gasteiger partial charge < -0.3 is 9.80 Å². The second-order valence-electron chi connectivity index (χ2n) is 14.2. The summed E-state index contributed by atoms with van der Waals surface area (Å²) in [4.78, 5) is 18.4. The molecule has 216 valence electrons. The van der Waals surface area contributed by atoms with Crippen molar-refractivity contribution in [3.05, 3.63) is 12.2 Å². The van der Waals surface area contributed by atoms with Crippen LogP contribution in [-0.2, 0) is 4.79 Å². The number of amides is 1. The number of nitrogens with zero attached hydrogens (tertiary/aromatic N) is 2. The first-order valence-electron chi connectivity index (χ1n) is 16.4. The van der Waals surface area contributed by atoms with E-state index in [-0.39, 0.29) is 11.3 Å². The average Bonchev–Trinajstić information content (AvgIpc) is 3.22. The van der Waals surface area contributed by atoms with Crippen LogP contribution in [0, 0.1) is 28.6 Å². The van der Waals surface area contributed by atoms with Crippen LogP contribution in [0.3, 0.4) is 0 Å². The van der Waals surface area contributed by atoms with Crippen LogP contribution in [0.5, 0.6) is 0 Å². The summed E-state index contributed by atoms with van der Waals surface area (Å²) in [6.07, 6.45) is 25.3. The first-order valence-corrected chi connectivity index (χ1v) is 16.8. The molecule has 7 atom stereocenters. The summed E-state index contributed by atoms with van der Waals surface area (Å²) in [5, 5.41) is 0. The quantitative estimate of drug-likeness (QED) is 0.182. The lowest BCUT2D eigenvalue weighted by atomic mass is 9.48. The van der Waals surface area contributed by atoms with Crippen LogP contribution in [-0.4, -0.2) is 45.9 Å². The molecule has 3 nitrogen and oxygen atoms in total. The Labute approximate surface area is 240 Å². The van der Waals surface area contributed by atoms with Gasteiger partial charge in [-0.2, -0.15) is 0 Å². The number of fused-ring (bicyclic) bond motifs is 5. The van der Waals surface area contributed by atoms with Gasteiger partial charge >= 0.3 is 0 Å². The maximum Gasteiger partial charge on any atom is 0.246 e. The molecule has 4 rings (SSSR count). The van der Waals surface area contributed by atoms with Crippen molar-refractivity contribution in [1.82, 2.24) is 9.80 Å². The summed E-state index contributed by atoms with van der Waals surface area (Å²) in [6, 6.07) is 1.45. The molecule has 0 spiro atoms. The SMILES string of the molecule is CCCCCCCCCCCC(=S)N(C(C)C)C1CC[C@H]2[C@@H]3CCC4N(C)C(=O)C=C[C@]4(C)[C@@H]3CC[C@]12C. The molecule has 3 saturated carbocycles. The zero-order valence-electron chi connectivity index (χ0n) is 25.6. The van der Waals surface area contributed by atoms with Crippen molar-refractivity contribution in [3.8, 4) is 0 Å². The largest absolute Gasteiger partial charge is 0.360 e. The zero-order valence-corrected chi connectivity index (χ0v) is 26.5. The summed E-state index contributed by atoms with van der Waals surface area (Å²) in [6.45, 7) is 12.1. The van der Waals surface area contributed by atoms with Crippen LogP contribution in [0.4, 0.5) is 0 Å². The number of carbonyl (C=O) groups excluding carboxylic acids is 1. The Hall–Kier alpha value is -0.900. The Morgan fingerprint density at radius 1 is 0.974 bits per heavy atom. The second-order valence-corrected chi connectivity index (χ2v) is 14.7. The summed E-state index contributed by atoms with van der Waals surface area (Å²) in [7, 11) is 2.03. The normalized spacial score (nSPS) is 36.2. The molecule has 3 fully saturated rings. The van der Waals surface area contributed by atoms with E-state index < -0.39 is 0 Å². The minimum atomic E-state index is 0.133. The molecule has 0 radical (unpaired) electrons. The standard InChI is InChI=1S/C34H58N2OS/c1-7-8-9-10-11-12-13-14-15-16-32(38)36(25(2)3)30-20-18-27-26-17-19-29-33(4,24-22-31(37)35(29)6)28(26)21-23-34(27,30)5/h22,24-30H,7-21,23H2,1-6H3/t26-,27-,28+,29?,30?,33+,34-/m0/s1. The molecule has 4 aliphatic rings. The fourth-order valence-corrected chi connectivity index (χ4v) is 10.2. The topological polar surface area (TPSA) is 23.6 Å². The highest BCUT2D eigenvalue weighted by molar-refractivity contribution is 7.80. The van der Waals surface area contributed by atoms with E-state index in [9.17, 15) is 4.79 Å². The highest BCUT2D eigenvalue weighted by Gasteiger charge is 2.61. The van der Waals surface area contributed by atoms with Crippen LogP contribution in [0.1, 0.15) is 137 Å². The maximum absolute atomic E-state index is 12.4. The third-order valence-corrected chi connectivity index (χ3v) is 12.2. The number of rotatable bonds is 12. The minimum absolute atomic E-state index is 0.133. The van der Waals surface area contributed by atoms with E-state index in [0.29, 0.717) is 29.5 Å². The first-order chi connectivity index (χ1) is 18.1. The fraction of sp³-hybridized carbons (Fsp3) is 0.882. The van der Waals surface area contributed by atoms with Crippen molar-refractivity contribution in [2.24, 2.45) is 28.6 Å². The van der Waals surface area contributed by atoms with Gasteiger partial charge in [0.1, 0.15) is 0 Å². The molecule has 3 aliphatic carbocycles. The third-order valence-electron chi connectivity index (χ3n) is 11.8. The van der Waals surface area contributed by atoms with Gasteiger partial charge in [-0.05, 0) is 94.5 Å². The molecule has 0 aromatic carbocycles. The summed E-state index contributed by atoms with van der Waals surface area (Å²) in [5.41, 5.74) is 0.491. The lowest BCUT2D eigenvalue weighted by Gasteiger charge is -2.61. The molecule has 0 aromatic rings. The number of thiocarbonyl (C=S) groups is 1. The molecule has 0 bridgehead atoms. The smallest absolute Gasteiger partial charge is 0.246 e. The highest BCUT2D eigenvalue weighted by Crippen LogP contribution is 2.64. The predicted molar refractivity (Wildman–Crippen MR) is 165 cm³/mol. The van der Waals surface area contributed by atoms with Gasteiger partial charge in [0.2, 0.25) is 5.91 Å². The van der Waals surface area contributed by atoms with E-state index in [1.807, 2.05) is 18.0 Å². The van der Waals surface area contributed by atoms with Gasteiger partial charge in [-0.1, -0.05) is 90.4 Å². The lowest BCUT2D eigenvalue weighted by Crippen LogP contribution is -2.61. The number of unbranched alkanes of at least 4 members (excludes halogenated alkanes) is 8. The maximum atomic E-state index is 12.4. The van der Waals surface area contributed by atoms with Gasteiger partial charge in [-0.3, -0.25) is 4.79 Å². The van der Waals surface area contributed by atoms with Crippen molar-refractivity contribution in [2.75, 3.05) is 7.05 Å². The summed E-state index contributed by atoms with van der Waals surface area (Å²) < 4.78 is 0. The van der Waals surface area contributed by atoms with Crippen molar-refractivity contribution in [2.45, 2.75) is 155 Å². The summed E-state index contributed by atoms with van der Waals surface area (Å²) >= 11 is 6.19. The molecular weight excluding hydrogens is 484 g/mol. The Kier molecular flexibility index (Phi) is 10.1. The molecule has 1 aliphatic heterocycles. The molecule has 38 heavy (non-hydrogen) atoms. The number of hydrogen-bond acceptors (Lipinski definition) is 2. The van der Waals surface area contributed by atoms with Crippen LogP contribution < -0.4 is 0 Å². The Morgan fingerprint density at radius 3 is 2.29 bits per heavy atom. The van der Waals surface area contributed by atoms with Gasteiger partial charge in [-0.15, -0.1) is 0 Å². The van der Waals surface area contributed by atoms with Crippen LogP contribution in [0.15, 0.2) is 12.2 Å². The van der Waals surface area contributed by atoms with Crippen LogP contribution >= 0.6 is 12.2 Å². The molecule has 0 saturated heterocycles. The zero-order chi connectivity index (χ0) is 27.5. The van der Waals surface area contributed by atoms with Crippen molar-refractivity contribution < 1.29 is 4.79 Å². The van der Waals surface area contributed by atoms with Gasteiger partial charge in [0, 0.05) is 30.6 Å². The van der Waals surface area contributed by atoms with Crippen molar-refractivity contribution in [3.63, 3.8) is 0 Å². The van der Waals surface area contributed by atoms with Crippen LogP contribution in [0.2, 0.25) is 0 Å². The van der Waals surface area contributed by atoms with Gasteiger partial charge in [0.05, 0.1) is 4.99 Å². The van der Waals surface area contributed by atoms with Gasteiger partial charge in [-0.25, -0.2) is 0 Å². The highest BCUT2D eigenvalue weighted by atomic mass is 32.1. The van der Waals surface area contributed by atoms with E-state index in [1.165, 1.54) is 94.9 Å². The number of likely N-dealkylation sites (N-methyl/N-ethyl adjacent to an activating group) is 1. The molecule has 1 heterocycles. The molecule has 0 aromatic heterocycles. The summed E-state index contributed by atoms with van der Waals surface area (Å²) in [5.74, 6) is 2.47. The van der Waals surface area contributed by atoms with Crippen LogP contribution in [0.25, 0.3) is 0 Å². The van der Waals surface area contributed by atoms with Gasteiger partial charge in [0.15, 0.2) is 0 Å². The van der Waals surface area contributed by atoms with E-state index in [2.05, 4.69) is 45.6 Å². The molecule has 1 amide bonds. The molecule has 4 heteroatoms. The Balaban J connectivity index is 1.36. The van der Waals surface area contributed by atoms with E-state index in [1.54, 1.807) is 0 Å². The second kappa shape index (κ2) is 12.7. The predicted octanol–water partition coefficient (Wildman–Crippen LogP) is 8.95. The molecular formula is C34H58N2OS. The minimum Gasteiger partial charge on any atom is -0.360 e.